The highest BCUT2D eigenvalue weighted by Crippen LogP contribution is 2.37. The number of rotatable bonds is 5. The van der Waals surface area contributed by atoms with Gasteiger partial charge in [0.05, 0.1) is 22.5 Å². The Kier molecular flexibility index (Phi) is 7.56. The van der Waals surface area contributed by atoms with Crippen LogP contribution in [-0.4, -0.2) is 71.1 Å². The molecule has 9 nitrogen and oxygen atoms in total. The number of carbonyl (C=O) groups is 1. The quantitative estimate of drug-likeness (QED) is 0.447. The number of benzene rings is 1. The number of nitrogens with one attached hydrogen (secondary N) is 2. The van der Waals surface area contributed by atoms with Gasteiger partial charge >= 0.3 is 6.18 Å². The number of piperazine rings is 1. The van der Waals surface area contributed by atoms with E-state index in [0.29, 0.717) is 49.5 Å². The Morgan fingerprint density at radius 2 is 1.76 bits per heavy atom. The predicted molar refractivity (Wildman–Crippen MR) is 148 cm³/mol. The third kappa shape index (κ3) is 5.80. The van der Waals surface area contributed by atoms with Crippen molar-refractivity contribution >= 4 is 28.8 Å². The van der Waals surface area contributed by atoms with E-state index >= 15 is 4.39 Å². The van der Waals surface area contributed by atoms with Crippen LogP contribution in [0.5, 0.6) is 0 Å². The molecule has 0 aliphatic carbocycles. The molecule has 1 saturated heterocycles. The number of amides is 1. The molecule has 2 N–H and O–H groups in total. The fourth-order valence-corrected chi connectivity index (χ4v) is 5.21. The van der Waals surface area contributed by atoms with E-state index in [4.69, 9.17) is 0 Å². The number of likely N-dealkylation sites (N-methyl/N-ethyl adjacent to an activating group) is 1. The second-order valence-corrected chi connectivity index (χ2v) is 10.4. The second-order valence-electron chi connectivity index (χ2n) is 10.4. The summed E-state index contributed by atoms with van der Waals surface area (Å²) in [6.45, 7) is 5.79. The molecule has 0 radical (unpaired) electrons. The highest BCUT2D eigenvalue weighted by Gasteiger charge is 2.36. The van der Waals surface area contributed by atoms with Crippen molar-refractivity contribution in [2.45, 2.75) is 32.1 Å². The molecule has 3 aromatic rings. The molecule has 0 saturated carbocycles. The molecular formula is C28H29F4N7O2. The first-order valence-electron chi connectivity index (χ1n) is 13.1. The van der Waals surface area contributed by atoms with Crippen molar-refractivity contribution in [3.63, 3.8) is 0 Å². The number of hydrogen-bond donors (Lipinski definition) is 2. The smallest absolute Gasteiger partial charge is 0.367 e. The summed E-state index contributed by atoms with van der Waals surface area (Å²) in [6, 6.07) is 5.00. The molecular weight excluding hydrogens is 542 g/mol. The van der Waals surface area contributed by atoms with E-state index in [2.05, 4.69) is 25.2 Å². The van der Waals surface area contributed by atoms with Crippen molar-refractivity contribution < 1.29 is 22.4 Å². The second kappa shape index (κ2) is 11.0. The fourth-order valence-electron chi connectivity index (χ4n) is 5.21. The first kappa shape index (κ1) is 28.3. The molecule has 1 amide bonds. The molecule has 2 aliphatic rings. The number of aromatic nitrogens is 3. The van der Waals surface area contributed by atoms with Crippen LogP contribution in [0.15, 0.2) is 53.7 Å². The van der Waals surface area contributed by atoms with Gasteiger partial charge in [0, 0.05) is 68.5 Å². The number of nitrogens with zero attached hydrogens (tertiary/aromatic N) is 5. The minimum Gasteiger partial charge on any atom is -0.367 e. The fraction of sp³-hybridized carbons (Fsp3) is 0.357. The summed E-state index contributed by atoms with van der Waals surface area (Å²) in [4.78, 5) is 41.4. The third-order valence-corrected chi connectivity index (χ3v) is 7.61. The van der Waals surface area contributed by atoms with Crippen molar-refractivity contribution in [1.82, 2.24) is 19.9 Å². The van der Waals surface area contributed by atoms with Crippen LogP contribution in [0.1, 0.15) is 35.3 Å². The lowest BCUT2D eigenvalue weighted by molar-refractivity contribution is -0.138. The lowest BCUT2D eigenvalue weighted by Crippen LogP contribution is -2.55. The first-order valence-corrected chi connectivity index (χ1v) is 13.1. The predicted octanol–water partition coefficient (Wildman–Crippen LogP) is 4.01. The molecule has 216 valence electrons. The molecule has 2 atom stereocenters. The van der Waals surface area contributed by atoms with Gasteiger partial charge < -0.3 is 20.1 Å². The van der Waals surface area contributed by atoms with E-state index in [0.717, 1.165) is 6.20 Å². The van der Waals surface area contributed by atoms with Gasteiger partial charge in [0.1, 0.15) is 5.82 Å². The number of pyridine rings is 1. The molecule has 0 unspecified atom stereocenters. The van der Waals surface area contributed by atoms with Crippen molar-refractivity contribution in [1.29, 1.82) is 0 Å². The van der Waals surface area contributed by atoms with Gasteiger partial charge in [0.25, 0.3) is 5.91 Å². The monoisotopic (exact) mass is 571 g/mol. The summed E-state index contributed by atoms with van der Waals surface area (Å²) < 4.78 is 56.8. The van der Waals surface area contributed by atoms with Crippen molar-refractivity contribution in [2.24, 2.45) is 0 Å². The highest BCUT2D eigenvalue weighted by atomic mass is 19.4. The van der Waals surface area contributed by atoms with Crippen LogP contribution in [0.2, 0.25) is 0 Å². The van der Waals surface area contributed by atoms with Crippen LogP contribution < -0.4 is 20.7 Å². The summed E-state index contributed by atoms with van der Waals surface area (Å²) in [5.74, 6) is -1.14. The maximum Gasteiger partial charge on any atom is 0.417 e. The lowest BCUT2D eigenvalue weighted by Gasteiger charge is -2.44. The summed E-state index contributed by atoms with van der Waals surface area (Å²) in [6.07, 6.45) is 0.837. The normalized spacial score (nSPS) is 19.8. The number of halogens is 4. The number of aromatic amines is 1. The zero-order chi connectivity index (χ0) is 29.5. The zero-order valence-electron chi connectivity index (χ0n) is 22.7. The topological polar surface area (TPSA) is 97.5 Å². The minimum atomic E-state index is -4.93. The molecule has 1 fully saturated rings. The lowest BCUT2D eigenvalue weighted by atomic mass is 10.0. The van der Waals surface area contributed by atoms with Crippen molar-refractivity contribution in [3.05, 3.63) is 81.8 Å². The van der Waals surface area contributed by atoms with E-state index in [1.54, 1.807) is 18.5 Å². The maximum absolute atomic E-state index is 15.7. The molecule has 2 aliphatic heterocycles. The SMILES string of the molecule is C[C@@H]1CN(c2cc(F)c(C3=CCN(c4ncccn4)C3)cc2NC(=O)c2c[nH]c(=O)cc2C(F)(F)F)C[C@H](C)N1C. The van der Waals surface area contributed by atoms with Crippen LogP contribution in [0.3, 0.4) is 0 Å². The van der Waals surface area contributed by atoms with Gasteiger partial charge in [0.15, 0.2) is 0 Å². The van der Waals surface area contributed by atoms with Gasteiger partial charge in [-0.3, -0.25) is 14.5 Å². The Labute approximate surface area is 233 Å². The van der Waals surface area contributed by atoms with Crippen LogP contribution in [0, 0.1) is 5.82 Å². The average Bonchev–Trinajstić information content (AvgIpc) is 3.42. The van der Waals surface area contributed by atoms with E-state index in [9.17, 15) is 22.8 Å². The maximum atomic E-state index is 15.7. The Morgan fingerprint density at radius 3 is 2.41 bits per heavy atom. The van der Waals surface area contributed by atoms with Crippen LogP contribution >= 0.6 is 0 Å². The van der Waals surface area contributed by atoms with Gasteiger partial charge in [-0.1, -0.05) is 6.08 Å². The average molecular weight is 572 g/mol. The largest absolute Gasteiger partial charge is 0.417 e. The Morgan fingerprint density at radius 1 is 1.07 bits per heavy atom. The molecule has 2 aromatic heterocycles. The van der Waals surface area contributed by atoms with Gasteiger partial charge in [-0.15, -0.1) is 0 Å². The molecule has 1 aromatic carbocycles. The molecule has 0 bridgehead atoms. The van der Waals surface area contributed by atoms with Gasteiger partial charge in [-0.25, -0.2) is 14.4 Å². The Bertz CT molecular complexity index is 1530. The number of alkyl halides is 3. The number of anilines is 3. The summed E-state index contributed by atoms with van der Waals surface area (Å²) in [7, 11) is 1.99. The van der Waals surface area contributed by atoms with Crippen LogP contribution in [0.4, 0.5) is 34.9 Å². The van der Waals surface area contributed by atoms with E-state index in [1.807, 2.05) is 36.8 Å². The summed E-state index contributed by atoms with van der Waals surface area (Å²) in [5.41, 5.74) is -1.76. The zero-order valence-corrected chi connectivity index (χ0v) is 22.7. The van der Waals surface area contributed by atoms with Crippen LogP contribution in [-0.2, 0) is 6.18 Å². The minimum absolute atomic E-state index is 0.0954. The van der Waals surface area contributed by atoms with Gasteiger partial charge in [-0.05, 0) is 44.7 Å². The highest BCUT2D eigenvalue weighted by molar-refractivity contribution is 6.07. The van der Waals surface area contributed by atoms with E-state index in [-0.39, 0.29) is 23.3 Å². The van der Waals surface area contributed by atoms with Gasteiger partial charge in [-0.2, -0.15) is 13.2 Å². The first-order chi connectivity index (χ1) is 19.4. The Hall–Kier alpha value is -4.26. The molecule has 0 spiro atoms. The van der Waals surface area contributed by atoms with E-state index in [1.165, 1.54) is 12.1 Å². The summed E-state index contributed by atoms with van der Waals surface area (Å²) in [5, 5.41) is 2.58. The molecule has 41 heavy (non-hydrogen) atoms. The van der Waals surface area contributed by atoms with Crippen molar-refractivity contribution in [2.75, 3.05) is 48.3 Å². The number of carbonyl (C=O) groups excluding carboxylic acids is 1. The third-order valence-electron chi connectivity index (χ3n) is 7.61. The van der Waals surface area contributed by atoms with Crippen molar-refractivity contribution in [3.8, 4) is 0 Å². The number of H-pyrrole nitrogens is 1. The van der Waals surface area contributed by atoms with E-state index < -0.39 is 34.6 Å². The Balaban J connectivity index is 1.53. The number of hydrogen-bond acceptors (Lipinski definition) is 7. The van der Waals surface area contributed by atoms with Crippen LogP contribution in [0.25, 0.3) is 5.57 Å². The van der Waals surface area contributed by atoms with Gasteiger partial charge in [0.2, 0.25) is 11.5 Å². The molecule has 5 rings (SSSR count). The summed E-state index contributed by atoms with van der Waals surface area (Å²) >= 11 is 0. The molecule has 13 heteroatoms. The standard InChI is InChI=1S/C28H29F4N7O2/c1-16-13-39(14-17(2)37(16)3)24-11-22(29)19(18-5-8-38(15-18)27-33-6-4-7-34-27)9-23(24)36-26(41)20-12-35-25(40)10-21(20)28(30,31)32/h4-7,9-12,16-17H,8,13-15H2,1-3H3,(H,35,40)(H,36,41)/t16-,17+. The molecule has 4 heterocycles.